The third-order valence-corrected chi connectivity index (χ3v) is 2.73. The van der Waals surface area contributed by atoms with Crippen molar-refractivity contribution in [2.24, 2.45) is 5.73 Å². The summed E-state index contributed by atoms with van der Waals surface area (Å²) in [4.78, 5) is 4.17. The Bertz CT molecular complexity index is 511. The second kappa shape index (κ2) is 4.97. The maximum absolute atomic E-state index is 6.24. The molecule has 3 heteroatoms. The molecule has 0 saturated heterocycles. The third-order valence-electron chi connectivity index (χ3n) is 2.73. The summed E-state index contributed by atoms with van der Waals surface area (Å²) < 4.78 is 5.32. The van der Waals surface area contributed by atoms with E-state index in [0.29, 0.717) is 0 Å². The van der Waals surface area contributed by atoms with Crippen molar-refractivity contribution in [1.29, 1.82) is 0 Å². The fourth-order valence-corrected chi connectivity index (χ4v) is 1.85. The van der Waals surface area contributed by atoms with Gasteiger partial charge < -0.3 is 10.5 Å². The average Bonchev–Trinajstić information content (AvgIpc) is 2.38. The van der Waals surface area contributed by atoms with E-state index >= 15 is 0 Å². The second-order valence-corrected chi connectivity index (χ2v) is 4.02. The Kier molecular flexibility index (Phi) is 3.40. The van der Waals surface area contributed by atoms with Crippen molar-refractivity contribution >= 4 is 0 Å². The predicted octanol–water partition coefficient (Wildman–Crippen LogP) is 2.45. The van der Waals surface area contributed by atoms with Crippen LogP contribution in [0, 0.1) is 6.92 Å². The number of aromatic nitrogens is 1. The number of nitrogens with zero attached hydrogens (tertiary/aromatic N) is 1. The lowest BCUT2D eigenvalue weighted by Gasteiger charge is -2.15. The largest absolute Gasteiger partial charge is 0.496 e. The van der Waals surface area contributed by atoms with Gasteiger partial charge in [-0.15, -0.1) is 0 Å². The van der Waals surface area contributed by atoms with Gasteiger partial charge in [-0.3, -0.25) is 4.98 Å². The van der Waals surface area contributed by atoms with Crippen LogP contribution in [-0.2, 0) is 0 Å². The van der Waals surface area contributed by atoms with Gasteiger partial charge in [0.1, 0.15) is 5.75 Å². The van der Waals surface area contributed by atoms with Gasteiger partial charge in [-0.2, -0.15) is 0 Å². The lowest BCUT2D eigenvalue weighted by molar-refractivity contribution is 0.408. The van der Waals surface area contributed by atoms with Crippen LogP contribution in [0.3, 0.4) is 0 Å². The van der Waals surface area contributed by atoms with Crippen LogP contribution < -0.4 is 10.5 Å². The quantitative estimate of drug-likeness (QED) is 0.877. The number of rotatable bonds is 3. The number of methoxy groups -OCH3 is 1. The summed E-state index contributed by atoms with van der Waals surface area (Å²) in [6.45, 7) is 2.01. The van der Waals surface area contributed by atoms with Gasteiger partial charge in [-0.25, -0.2) is 0 Å². The minimum atomic E-state index is -0.210. The molecule has 0 aliphatic heterocycles. The van der Waals surface area contributed by atoms with Gasteiger partial charge in [0.25, 0.3) is 0 Å². The van der Waals surface area contributed by atoms with Crippen molar-refractivity contribution in [3.63, 3.8) is 0 Å². The zero-order valence-electron chi connectivity index (χ0n) is 10.1. The number of hydrogen-bond donors (Lipinski definition) is 1. The van der Waals surface area contributed by atoms with E-state index in [4.69, 9.17) is 10.5 Å². The first-order valence-corrected chi connectivity index (χ1v) is 5.52. The Morgan fingerprint density at radius 3 is 2.71 bits per heavy atom. The molecular formula is C14H16N2O. The number of hydrogen-bond acceptors (Lipinski definition) is 3. The SMILES string of the molecule is COc1ccccc1C(N)c1cncc(C)c1. The monoisotopic (exact) mass is 228 g/mol. The molecule has 0 amide bonds. The Morgan fingerprint density at radius 1 is 1.24 bits per heavy atom. The smallest absolute Gasteiger partial charge is 0.123 e. The summed E-state index contributed by atoms with van der Waals surface area (Å²) in [6, 6.07) is 9.62. The summed E-state index contributed by atoms with van der Waals surface area (Å²) in [6.07, 6.45) is 3.61. The summed E-state index contributed by atoms with van der Waals surface area (Å²) in [5, 5.41) is 0. The molecule has 1 unspecified atom stereocenters. The molecule has 88 valence electrons. The van der Waals surface area contributed by atoms with E-state index in [-0.39, 0.29) is 6.04 Å². The Hall–Kier alpha value is -1.87. The van der Waals surface area contributed by atoms with E-state index in [0.717, 1.165) is 22.4 Å². The molecule has 3 nitrogen and oxygen atoms in total. The first-order valence-electron chi connectivity index (χ1n) is 5.52. The molecule has 0 aliphatic carbocycles. The van der Waals surface area contributed by atoms with Crippen molar-refractivity contribution < 1.29 is 4.74 Å². The van der Waals surface area contributed by atoms with Crippen LogP contribution in [0.25, 0.3) is 0 Å². The molecule has 2 aromatic rings. The van der Waals surface area contributed by atoms with Crippen LogP contribution in [0.2, 0.25) is 0 Å². The highest BCUT2D eigenvalue weighted by Gasteiger charge is 2.13. The normalized spacial score (nSPS) is 12.2. The van der Waals surface area contributed by atoms with Crippen LogP contribution >= 0.6 is 0 Å². The van der Waals surface area contributed by atoms with E-state index in [2.05, 4.69) is 4.98 Å². The molecule has 0 bridgehead atoms. The van der Waals surface area contributed by atoms with E-state index in [1.54, 1.807) is 13.3 Å². The van der Waals surface area contributed by atoms with Gasteiger partial charge in [0.15, 0.2) is 0 Å². The lowest BCUT2D eigenvalue weighted by Crippen LogP contribution is -2.13. The fourth-order valence-electron chi connectivity index (χ4n) is 1.85. The molecule has 1 atom stereocenters. The van der Waals surface area contributed by atoms with E-state index in [9.17, 15) is 0 Å². The number of nitrogens with two attached hydrogens (primary N) is 1. The van der Waals surface area contributed by atoms with Crippen LogP contribution in [0.1, 0.15) is 22.7 Å². The van der Waals surface area contributed by atoms with Crippen molar-refractivity contribution in [2.45, 2.75) is 13.0 Å². The van der Waals surface area contributed by atoms with Crippen LogP contribution in [0.5, 0.6) is 5.75 Å². The van der Waals surface area contributed by atoms with Crippen LogP contribution in [0.15, 0.2) is 42.7 Å². The standard InChI is InChI=1S/C14H16N2O/c1-10-7-11(9-16-8-10)14(15)12-5-3-4-6-13(12)17-2/h3-9,14H,15H2,1-2H3. The fraction of sp³-hybridized carbons (Fsp3) is 0.214. The van der Waals surface area contributed by atoms with Crippen molar-refractivity contribution in [3.05, 3.63) is 59.4 Å². The van der Waals surface area contributed by atoms with Gasteiger partial charge in [-0.1, -0.05) is 24.3 Å². The zero-order chi connectivity index (χ0) is 12.3. The molecule has 0 saturated carbocycles. The first kappa shape index (κ1) is 11.6. The molecule has 0 spiro atoms. The van der Waals surface area contributed by atoms with Gasteiger partial charge in [0, 0.05) is 18.0 Å². The average molecular weight is 228 g/mol. The molecule has 17 heavy (non-hydrogen) atoms. The molecule has 0 aliphatic rings. The molecule has 0 radical (unpaired) electrons. The first-order chi connectivity index (χ1) is 8.22. The number of benzene rings is 1. The third kappa shape index (κ3) is 2.45. The van der Waals surface area contributed by atoms with Crippen molar-refractivity contribution in [2.75, 3.05) is 7.11 Å². The topological polar surface area (TPSA) is 48.1 Å². The Morgan fingerprint density at radius 2 is 2.00 bits per heavy atom. The van der Waals surface area contributed by atoms with Gasteiger partial charge in [0.05, 0.1) is 13.2 Å². The highest BCUT2D eigenvalue weighted by molar-refractivity contribution is 5.41. The van der Waals surface area contributed by atoms with Crippen LogP contribution in [0.4, 0.5) is 0 Å². The summed E-state index contributed by atoms with van der Waals surface area (Å²) in [7, 11) is 1.65. The van der Waals surface area contributed by atoms with Crippen molar-refractivity contribution in [1.82, 2.24) is 4.98 Å². The predicted molar refractivity (Wildman–Crippen MR) is 68.0 cm³/mol. The second-order valence-electron chi connectivity index (χ2n) is 4.02. The summed E-state index contributed by atoms with van der Waals surface area (Å²) in [5.74, 6) is 0.807. The minimum Gasteiger partial charge on any atom is -0.496 e. The lowest BCUT2D eigenvalue weighted by atomic mass is 9.99. The molecule has 2 N–H and O–H groups in total. The molecule has 1 aromatic heterocycles. The number of aryl methyl sites for hydroxylation is 1. The molecule has 1 heterocycles. The molecule has 1 aromatic carbocycles. The highest BCUT2D eigenvalue weighted by Crippen LogP contribution is 2.27. The Labute approximate surface area is 101 Å². The minimum absolute atomic E-state index is 0.210. The van der Waals surface area contributed by atoms with Crippen LogP contribution in [-0.4, -0.2) is 12.1 Å². The summed E-state index contributed by atoms with van der Waals surface area (Å²) >= 11 is 0. The van der Waals surface area contributed by atoms with E-state index in [1.807, 2.05) is 43.5 Å². The molecule has 0 fully saturated rings. The Balaban J connectivity index is 2.40. The number of ether oxygens (including phenoxy) is 1. The maximum atomic E-state index is 6.24. The van der Waals surface area contributed by atoms with Gasteiger partial charge in [-0.05, 0) is 24.1 Å². The van der Waals surface area contributed by atoms with Gasteiger partial charge >= 0.3 is 0 Å². The molecular weight excluding hydrogens is 212 g/mol. The van der Waals surface area contributed by atoms with E-state index in [1.165, 1.54) is 0 Å². The zero-order valence-corrected chi connectivity index (χ0v) is 10.1. The summed E-state index contributed by atoms with van der Waals surface area (Å²) in [5.41, 5.74) is 9.32. The molecule has 2 rings (SSSR count). The number of para-hydroxylation sites is 1. The maximum Gasteiger partial charge on any atom is 0.123 e. The van der Waals surface area contributed by atoms with Gasteiger partial charge in [0.2, 0.25) is 0 Å². The van der Waals surface area contributed by atoms with Crippen molar-refractivity contribution in [3.8, 4) is 5.75 Å². The number of pyridine rings is 1. The van der Waals surface area contributed by atoms with E-state index < -0.39 is 0 Å². The highest BCUT2D eigenvalue weighted by atomic mass is 16.5.